The number of alkyl halides is 3. The van der Waals surface area contributed by atoms with Crippen molar-refractivity contribution in [1.82, 2.24) is 10.2 Å². The number of hydrogen-bond acceptors (Lipinski definition) is 4. The van der Waals surface area contributed by atoms with Crippen LogP contribution in [-0.4, -0.2) is 44.3 Å². The first-order valence-electron chi connectivity index (χ1n) is 14.6. The number of nitrogens with one attached hydrogen (secondary N) is 1. The topological polar surface area (TPSA) is 86.8 Å². The summed E-state index contributed by atoms with van der Waals surface area (Å²) in [6.45, 7) is 1.06. The molecule has 7 nitrogen and oxygen atoms in total. The minimum atomic E-state index is -4.91. The van der Waals surface area contributed by atoms with Crippen LogP contribution >= 0.6 is 23.2 Å². The molecule has 0 heterocycles. The van der Waals surface area contributed by atoms with Gasteiger partial charge in [0.15, 0.2) is 0 Å². The van der Waals surface area contributed by atoms with Gasteiger partial charge in [-0.05, 0) is 53.9 Å². The molecule has 0 saturated carbocycles. The van der Waals surface area contributed by atoms with Gasteiger partial charge in [0.2, 0.25) is 11.8 Å². The Kier molecular flexibility index (Phi) is 11.9. The van der Waals surface area contributed by atoms with Crippen LogP contribution in [0.15, 0.2) is 108 Å². The monoisotopic (exact) mass is 705 g/mol. The van der Waals surface area contributed by atoms with E-state index >= 15 is 0 Å². The fraction of sp³-hybridized carbons (Fsp3) is 0.235. The SMILES string of the molecule is CCCNC(=O)[C@H](Cc1ccccc1)N(Cc1ccccc1Cl)C(=O)CN(c1ccc(Cl)c(C(F)(F)F)c1)S(=O)(=O)c1ccccc1. The Labute approximate surface area is 282 Å². The van der Waals surface area contributed by atoms with Crippen LogP contribution in [0.25, 0.3) is 0 Å². The third-order valence-corrected chi connectivity index (χ3v) is 9.76. The van der Waals surface area contributed by atoms with E-state index in [4.69, 9.17) is 23.2 Å². The second-order valence-electron chi connectivity index (χ2n) is 10.6. The summed E-state index contributed by atoms with van der Waals surface area (Å²) in [7, 11) is -4.61. The molecule has 1 atom stereocenters. The van der Waals surface area contributed by atoms with Gasteiger partial charge in [-0.2, -0.15) is 13.2 Å². The number of nitrogens with zero attached hydrogens (tertiary/aromatic N) is 2. The largest absolute Gasteiger partial charge is 0.417 e. The average Bonchev–Trinajstić information content (AvgIpc) is 3.05. The quantitative estimate of drug-likeness (QED) is 0.157. The Morgan fingerprint density at radius 1 is 0.851 bits per heavy atom. The second-order valence-corrected chi connectivity index (χ2v) is 13.3. The molecule has 4 aromatic rings. The summed E-state index contributed by atoms with van der Waals surface area (Å²) in [5.41, 5.74) is -0.507. The number of carbonyl (C=O) groups excluding carboxylic acids is 2. The highest BCUT2D eigenvalue weighted by Crippen LogP contribution is 2.38. The van der Waals surface area contributed by atoms with Crippen LogP contribution in [0.3, 0.4) is 0 Å². The zero-order valence-electron chi connectivity index (χ0n) is 25.3. The number of halogens is 5. The van der Waals surface area contributed by atoms with E-state index in [1.807, 2.05) is 6.92 Å². The molecule has 0 spiro atoms. The molecule has 0 aromatic heterocycles. The molecule has 47 heavy (non-hydrogen) atoms. The lowest BCUT2D eigenvalue weighted by atomic mass is 10.0. The van der Waals surface area contributed by atoms with Crippen molar-refractivity contribution < 1.29 is 31.2 Å². The smallest absolute Gasteiger partial charge is 0.354 e. The van der Waals surface area contributed by atoms with E-state index in [2.05, 4.69) is 5.32 Å². The summed E-state index contributed by atoms with van der Waals surface area (Å²) in [4.78, 5) is 29.1. The van der Waals surface area contributed by atoms with E-state index in [9.17, 15) is 31.2 Å². The maximum atomic E-state index is 14.4. The van der Waals surface area contributed by atoms with E-state index in [0.717, 1.165) is 17.7 Å². The van der Waals surface area contributed by atoms with Gasteiger partial charge in [0.25, 0.3) is 10.0 Å². The molecule has 2 amide bonds. The van der Waals surface area contributed by atoms with Gasteiger partial charge in [0.05, 0.1) is 21.2 Å². The third-order valence-electron chi connectivity index (χ3n) is 7.27. The average molecular weight is 707 g/mol. The van der Waals surface area contributed by atoms with Gasteiger partial charge in [-0.1, -0.05) is 96.9 Å². The molecule has 0 fully saturated rings. The first-order chi connectivity index (χ1) is 22.3. The van der Waals surface area contributed by atoms with E-state index < -0.39 is 56.9 Å². The zero-order valence-corrected chi connectivity index (χ0v) is 27.6. The van der Waals surface area contributed by atoms with Crippen LogP contribution in [0.1, 0.15) is 30.0 Å². The molecule has 13 heteroatoms. The summed E-state index contributed by atoms with van der Waals surface area (Å²) >= 11 is 12.3. The van der Waals surface area contributed by atoms with Crippen molar-refractivity contribution >= 4 is 50.7 Å². The number of benzene rings is 4. The lowest BCUT2D eigenvalue weighted by Crippen LogP contribution is -2.53. The van der Waals surface area contributed by atoms with Gasteiger partial charge >= 0.3 is 6.18 Å². The maximum absolute atomic E-state index is 14.4. The number of carbonyl (C=O) groups is 2. The van der Waals surface area contributed by atoms with E-state index in [-0.39, 0.29) is 17.9 Å². The molecule has 0 aliphatic rings. The summed E-state index contributed by atoms with van der Waals surface area (Å²) in [5.74, 6) is -1.33. The minimum Gasteiger partial charge on any atom is -0.354 e. The Balaban J connectivity index is 1.86. The van der Waals surface area contributed by atoms with Gasteiger partial charge in [0, 0.05) is 24.5 Å². The van der Waals surface area contributed by atoms with Crippen LogP contribution < -0.4 is 9.62 Å². The molecule has 0 unspecified atom stereocenters. The zero-order chi connectivity index (χ0) is 34.2. The summed E-state index contributed by atoms with van der Waals surface area (Å²) < 4.78 is 70.4. The van der Waals surface area contributed by atoms with Crippen LogP contribution in [0, 0.1) is 0 Å². The van der Waals surface area contributed by atoms with Crippen molar-refractivity contribution in [2.45, 2.75) is 43.4 Å². The summed E-state index contributed by atoms with van der Waals surface area (Å²) in [6, 6.07) is 24.1. The Morgan fingerprint density at radius 3 is 2.09 bits per heavy atom. The first kappa shape index (κ1) is 35.8. The number of rotatable bonds is 13. The molecule has 248 valence electrons. The molecule has 1 N–H and O–H groups in total. The number of sulfonamides is 1. The fourth-order valence-electron chi connectivity index (χ4n) is 4.86. The van der Waals surface area contributed by atoms with Gasteiger partial charge in [-0.25, -0.2) is 8.42 Å². The van der Waals surface area contributed by atoms with Crippen LogP contribution in [0.5, 0.6) is 0 Å². The number of anilines is 1. The molecule has 0 bridgehead atoms. The first-order valence-corrected chi connectivity index (χ1v) is 16.8. The van der Waals surface area contributed by atoms with E-state index in [1.165, 1.54) is 29.2 Å². The molecule has 0 radical (unpaired) electrons. The molecular formula is C34H32Cl2F3N3O4S. The molecular weight excluding hydrogens is 674 g/mol. The van der Waals surface area contributed by atoms with Crippen LogP contribution in [0.2, 0.25) is 10.0 Å². The van der Waals surface area contributed by atoms with Crippen molar-refractivity contribution in [3.05, 3.63) is 130 Å². The van der Waals surface area contributed by atoms with Gasteiger partial charge in [-0.15, -0.1) is 0 Å². The standard InChI is InChI=1S/C34H32Cl2F3N3O4S/c1-2-19-40-33(44)31(20-24-11-5-3-6-12-24)41(22-25-13-9-10-16-29(25)35)32(43)23-42(47(45,46)27-14-7-4-8-15-27)26-17-18-30(36)28(21-26)34(37,38)39/h3-18,21,31H,2,19-20,22-23H2,1H3,(H,40,44)/t31-/m0/s1. The number of amides is 2. The van der Waals surface area contributed by atoms with Crippen molar-refractivity contribution in [2.24, 2.45) is 0 Å². The number of hydrogen-bond donors (Lipinski definition) is 1. The summed E-state index contributed by atoms with van der Waals surface area (Å²) in [5, 5.41) is 2.49. The predicted molar refractivity (Wildman–Crippen MR) is 177 cm³/mol. The van der Waals surface area contributed by atoms with Crippen LogP contribution in [-0.2, 0) is 38.8 Å². The minimum absolute atomic E-state index is 0.0666. The molecule has 4 aromatic carbocycles. The summed E-state index contributed by atoms with van der Waals surface area (Å²) in [6.07, 6.45) is -4.23. The Hall–Kier alpha value is -4.06. The van der Waals surface area contributed by atoms with Crippen molar-refractivity contribution in [3.63, 3.8) is 0 Å². The van der Waals surface area contributed by atoms with Gasteiger partial charge < -0.3 is 10.2 Å². The maximum Gasteiger partial charge on any atom is 0.417 e. The molecule has 0 aliphatic heterocycles. The second kappa shape index (κ2) is 15.7. The molecule has 4 rings (SSSR count). The van der Waals surface area contributed by atoms with E-state index in [0.29, 0.717) is 33.9 Å². The third kappa shape index (κ3) is 9.06. The van der Waals surface area contributed by atoms with Crippen LogP contribution in [0.4, 0.5) is 18.9 Å². The van der Waals surface area contributed by atoms with Crippen molar-refractivity contribution in [3.8, 4) is 0 Å². The normalized spacial score (nSPS) is 12.3. The Bertz CT molecular complexity index is 1790. The van der Waals surface area contributed by atoms with Crippen molar-refractivity contribution in [2.75, 3.05) is 17.4 Å². The lowest BCUT2D eigenvalue weighted by molar-refractivity contribution is -0.140. The van der Waals surface area contributed by atoms with E-state index in [1.54, 1.807) is 60.7 Å². The molecule has 0 aliphatic carbocycles. The highest BCUT2D eigenvalue weighted by Gasteiger charge is 2.37. The lowest BCUT2D eigenvalue weighted by Gasteiger charge is -2.34. The highest BCUT2D eigenvalue weighted by molar-refractivity contribution is 7.92. The Morgan fingerprint density at radius 2 is 1.47 bits per heavy atom. The van der Waals surface area contributed by atoms with Gasteiger partial charge in [-0.3, -0.25) is 13.9 Å². The van der Waals surface area contributed by atoms with Crippen molar-refractivity contribution in [1.29, 1.82) is 0 Å². The highest BCUT2D eigenvalue weighted by atomic mass is 35.5. The van der Waals surface area contributed by atoms with Gasteiger partial charge in [0.1, 0.15) is 12.6 Å². The molecule has 0 saturated heterocycles. The predicted octanol–water partition coefficient (Wildman–Crippen LogP) is 7.37. The fourth-order valence-corrected chi connectivity index (χ4v) is 6.71.